The molecule has 1 amide bonds. The first kappa shape index (κ1) is 16.0. The van der Waals surface area contributed by atoms with Crippen LogP contribution in [0.4, 0.5) is 0 Å². The van der Waals surface area contributed by atoms with Crippen LogP contribution in [0.2, 0.25) is 0 Å². The number of benzene rings is 1. The fourth-order valence-corrected chi connectivity index (χ4v) is 1.61. The largest absolute Gasteiger partial charge is 0.483 e. The molecule has 0 spiro atoms. The maximum Gasteiger partial charge on any atom is 0.310 e. The van der Waals surface area contributed by atoms with Crippen molar-refractivity contribution in [3.8, 4) is 5.75 Å². The second kappa shape index (κ2) is 6.41. The zero-order valence-corrected chi connectivity index (χ0v) is 12.3. The third-order valence-electron chi connectivity index (χ3n) is 3.06. The van der Waals surface area contributed by atoms with Crippen molar-refractivity contribution in [3.05, 3.63) is 29.3 Å². The van der Waals surface area contributed by atoms with E-state index in [9.17, 15) is 9.59 Å². The number of carboxylic acids is 1. The summed E-state index contributed by atoms with van der Waals surface area (Å²) in [6, 6.07) is 5.74. The number of nitrogens with one attached hydrogen (secondary N) is 1. The van der Waals surface area contributed by atoms with E-state index < -0.39 is 11.4 Å². The minimum Gasteiger partial charge on any atom is -0.483 e. The number of ether oxygens (including phenoxy) is 1. The van der Waals surface area contributed by atoms with Crippen LogP contribution in [0, 0.1) is 19.3 Å². The number of aliphatic carboxylic acids is 1. The molecule has 1 rings (SSSR count). The zero-order chi connectivity index (χ0) is 15.3. The van der Waals surface area contributed by atoms with Crippen molar-refractivity contribution in [3.63, 3.8) is 0 Å². The van der Waals surface area contributed by atoms with E-state index >= 15 is 0 Å². The summed E-state index contributed by atoms with van der Waals surface area (Å²) < 4.78 is 5.50. The number of para-hydroxylation sites is 1. The Bertz CT molecular complexity index is 488. The third kappa shape index (κ3) is 4.26. The normalized spacial score (nSPS) is 11.0. The van der Waals surface area contributed by atoms with Crippen molar-refractivity contribution in [1.29, 1.82) is 0 Å². The van der Waals surface area contributed by atoms with Crippen LogP contribution in [0.5, 0.6) is 5.75 Å². The summed E-state index contributed by atoms with van der Waals surface area (Å²) in [6.45, 7) is 6.88. The van der Waals surface area contributed by atoms with E-state index in [1.165, 1.54) is 0 Å². The SMILES string of the molecule is Cc1cccc(C)c1OCC(=O)NCC(C)(C)C(=O)O. The Balaban J connectivity index is 2.51. The molecule has 0 aromatic heterocycles. The van der Waals surface area contributed by atoms with Crippen molar-refractivity contribution in [2.45, 2.75) is 27.7 Å². The number of carbonyl (C=O) groups excluding carboxylic acids is 1. The van der Waals surface area contributed by atoms with Gasteiger partial charge >= 0.3 is 5.97 Å². The van der Waals surface area contributed by atoms with Gasteiger partial charge in [0.25, 0.3) is 5.91 Å². The highest BCUT2D eigenvalue weighted by Gasteiger charge is 2.27. The van der Waals surface area contributed by atoms with Gasteiger partial charge in [-0.2, -0.15) is 0 Å². The van der Waals surface area contributed by atoms with E-state index in [-0.39, 0.29) is 19.1 Å². The Morgan fingerprint density at radius 1 is 1.25 bits per heavy atom. The molecule has 0 saturated carbocycles. The van der Waals surface area contributed by atoms with Crippen LogP contribution in [0.15, 0.2) is 18.2 Å². The second-order valence-electron chi connectivity index (χ2n) is 5.48. The van der Waals surface area contributed by atoms with Gasteiger partial charge in [-0.05, 0) is 38.8 Å². The lowest BCUT2D eigenvalue weighted by Crippen LogP contribution is -2.40. The van der Waals surface area contributed by atoms with Crippen LogP contribution >= 0.6 is 0 Å². The smallest absolute Gasteiger partial charge is 0.310 e. The second-order valence-corrected chi connectivity index (χ2v) is 5.48. The number of amides is 1. The van der Waals surface area contributed by atoms with E-state index in [1.54, 1.807) is 13.8 Å². The molecule has 0 aliphatic heterocycles. The lowest BCUT2D eigenvalue weighted by atomic mass is 9.94. The average Bonchev–Trinajstić information content (AvgIpc) is 2.35. The minimum atomic E-state index is -0.992. The predicted molar refractivity (Wildman–Crippen MR) is 75.8 cm³/mol. The molecule has 0 radical (unpaired) electrons. The van der Waals surface area contributed by atoms with Gasteiger partial charge in [0.15, 0.2) is 6.61 Å². The standard InChI is InChI=1S/C15H21NO4/c1-10-6-5-7-11(2)13(10)20-8-12(17)16-9-15(3,4)14(18)19/h5-7H,8-9H2,1-4H3,(H,16,17)(H,18,19). The number of rotatable bonds is 6. The molecule has 5 heteroatoms. The highest BCUT2D eigenvalue weighted by molar-refractivity contribution is 5.79. The average molecular weight is 279 g/mol. The number of aryl methyl sites for hydroxylation is 2. The number of carboxylic acid groups (broad SMARTS) is 1. The Kier molecular flexibility index (Phi) is 5.13. The molecule has 2 N–H and O–H groups in total. The van der Waals surface area contributed by atoms with Gasteiger partial charge in [-0.1, -0.05) is 18.2 Å². The molecular weight excluding hydrogens is 258 g/mol. The van der Waals surface area contributed by atoms with Crippen molar-refractivity contribution in [1.82, 2.24) is 5.32 Å². The zero-order valence-electron chi connectivity index (χ0n) is 12.3. The van der Waals surface area contributed by atoms with E-state index in [1.807, 2.05) is 32.0 Å². The summed E-state index contributed by atoms with van der Waals surface area (Å²) in [6.07, 6.45) is 0. The number of carbonyl (C=O) groups is 2. The van der Waals surface area contributed by atoms with Crippen molar-refractivity contribution < 1.29 is 19.4 Å². The minimum absolute atomic E-state index is 0.0667. The number of hydrogen-bond acceptors (Lipinski definition) is 3. The van der Waals surface area contributed by atoms with E-state index in [4.69, 9.17) is 9.84 Å². The van der Waals surface area contributed by atoms with Gasteiger partial charge < -0.3 is 15.2 Å². The van der Waals surface area contributed by atoms with Gasteiger partial charge in [-0.25, -0.2) is 0 Å². The Hall–Kier alpha value is -2.04. The van der Waals surface area contributed by atoms with Crippen LogP contribution in [0.1, 0.15) is 25.0 Å². The van der Waals surface area contributed by atoms with Gasteiger partial charge in [0.05, 0.1) is 5.41 Å². The van der Waals surface area contributed by atoms with Crippen molar-refractivity contribution in [2.75, 3.05) is 13.2 Å². The van der Waals surface area contributed by atoms with Gasteiger partial charge in [0.2, 0.25) is 0 Å². The lowest BCUT2D eigenvalue weighted by molar-refractivity contribution is -0.146. The fourth-order valence-electron chi connectivity index (χ4n) is 1.61. The monoisotopic (exact) mass is 279 g/mol. The van der Waals surface area contributed by atoms with E-state index in [0.29, 0.717) is 5.75 Å². The Morgan fingerprint density at radius 2 is 1.80 bits per heavy atom. The maximum absolute atomic E-state index is 11.7. The first-order chi connectivity index (χ1) is 9.24. The number of hydrogen-bond donors (Lipinski definition) is 2. The van der Waals surface area contributed by atoms with Gasteiger partial charge in [0.1, 0.15) is 5.75 Å². The molecule has 5 nitrogen and oxygen atoms in total. The molecule has 0 bridgehead atoms. The van der Waals surface area contributed by atoms with Crippen LogP contribution in [0.25, 0.3) is 0 Å². The highest BCUT2D eigenvalue weighted by atomic mass is 16.5. The quantitative estimate of drug-likeness (QED) is 0.834. The van der Waals surface area contributed by atoms with Gasteiger partial charge in [-0.3, -0.25) is 9.59 Å². The summed E-state index contributed by atoms with van der Waals surface area (Å²) in [5, 5.41) is 11.5. The highest BCUT2D eigenvalue weighted by Crippen LogP contribution is 2.22. The molecule has 0 aliphatic carbocycles. The molecule has 1 aromatic carbocycles. The third-order valence-corrected chi connectivity index (χ3v) is 3.06. The summed E-state index contributed by atoms with van der Waals surface area (Å²) in [5.41, 5.74) is 0.932. The van der Waals surface area contributed by atoms with Crippen LogP contribution < -0.4 is 10.1 Å². The summed E-state index contributed by atoms with van der Waals surface area (Å²) in [7, 11) is 0. The first-order valence-electron chi connectivity index (χ1n) is 6.43. The van der Waals surface area contributed by atoms with Gasteiger partial charge in [0, 0.05) is 6.54 Å². The maximum atomic E-state index is 11.7. The lowest BCUT2D eigenvalue weighted by Gasteiger charge is -2.19. The predicted octanol–water partition coefficient (Wildman–Crippen LogP) is 1.91. The van der Waals surface area contributed by atoms with Gasteiger partial charge in [-0.15, -0.1) is 0 Å². The summed E-state index contributed by atoms with van der Waals surface area (Å²) in [4.78, 5) is 22.6. The van der Waals surface area contributed by atoms with Crippen molar-refractivity contribution in [2.24, 2.45) is 5.41 Å². The topological polar surface area (TPSA) is 75.6 Å². The molecule has 0 saturated heterocycles. The molecule has 0 aliphatic rings. The van der Waals surface area contributed by atoms with E-state index in [0.717, 1.165) is 11.1 Å². The summed E-state index contributed by atoms with van der Waals surface area (Å²) in [5.74, 6) is -0.587. The Labute approximate surface area is 118 Å². The Morgan fingerprint density at radius 3 is 2.30 bits per heavy atom. The molecule has 20 heavy (non-hydrogen) atoms. The van der Waals surface area contributed by atoms with Crippen LogP contribution in [0.3, 0.4) is 0 Å². The molecular formula is C15H21NO4. The molecule has 0 heterocycles. The van der Waals surface area contributed by atoms with Crippen molar-refractivity contribution >= 4 is 11.9 Å². The summed E-state index contributed by atoms with van der Waals surface area (Å²) >= 11 is 0. The molecule has 0 unspecified atom stereocenters. The first-order valence-corrected chi connectivity index (χ1v) is 6.43. The van der Waals surface area contributed by atoms with Crippen LogP contribution in [-0.4, -0.2) is 30.1 Å². The fraction of sp³-hybridized carbons (Fsp3) is 0.467. The van der Waals surface area contributed by atoms with E-state index in [2.05, 4.69) is 5.32 Å². The molecule has 0 fully saturated rings. The molecule has 110 valence electrons. The van der Waals surface area contributed by atoms with Crippen LogP contribution in [-0.2, 0) is 9.59 Å². The molecule has 0 atom stereocenters. The molecule has 1 aromatic rings.